The van der Waals surface area contributed by atoms with Crippen molar-refractivity contribution in [3.63, 3.8) is 0 Å². The average molecular weight is 407 g/mol. The van der Waals surface area contributed by atoms with Crippen molar-refractivity contribution in [2.75, 3.05) is 14.1 Å². The second kappa shape index (κ2) is 7.22. The van der Waals surface area contributed by atoms with E-state index in [1.165, 1.54) is 60.2 Å². The summed E-state index contributed by atoms with van der Waals surface area (Å²) >= 11 is 1.33. The highest BCUT2D eigenvalue weighted by atomic mass is 32.2. The molecule has 0 N–H and O–H groups in total. The molecular formula is C17H17N3O5S2. The first-order valence-electron chi connectivity index (χ1n) is 7.86. The Labute approximate surface area is 159 Å². The van der Waals surface area contributed by atoms with Crippen LogP contribution in [-0.4, -0.2) is 42.2 Å². The molecule has 3 aromatic rings. The van der Waals surface area contributed by atoms with Gasteiger partial charge in [-0.05, 0) is 31.2 Å². The van der Waals surface area contributed by atoms with E-state index in [0.717, 1.165) is 10.00 Å². The summed E-state index contributed by atoms with van der Waals surface area (Å²) in [4.78, 5) is 29.2. The molecule has 0 spiro atoms. The third kappa shape index (κ3) is 3.77. The van der Waals surface area contributed by atoms with Crippen molar-refractivity contribution in [3.8, 4) is 0 Å². The molecule has 0 aliphatic rings. The molecule has 142 valence electrons. The zero-order valence-electron chi connectivity index (χ0n) is 14.9. The van der Waals surface area contributed by atoms with Gasteiger partial charge in [0.2, 0.25) is 10.0 Å². The number of carbonyl (C=O) groups is 1. The lowest BCUT2D eigenvalue weighted by atomic mass is 10.2. The molecule has 0 saturated heterocycles. The summed E-state index contributed by atoms with van der Waals surface area (Å²) in [5, 5.41) is 1.82. The normalized spacial score (nSPS) is 11.9. The van der Waals surface area contributed by atoms with E-state index in [2.05, 4.69) is 4.98 Å². The highest BCUT2D eigenvalue weighted by molar-refractivity contribution is 7.89. The number of hydrogen-bond acceptors (Lipinski definition) is 7. The van der Waals surface area contributed by atoms with Crippen LogP contribution in [0.1, 0.15) is 21.7 Å². The van der Waals surface area contributed by atoms with Gasteiger partial charge in [0, 0.05) is 31.2 Å². The quantitative estimate of drug-likeness (QED) is 0.597. The molecule has 0 amide bonds. The summed E-state index contributed by atoms with van der Waals surface area (Å²) in [6, 6.07) is 6.78. The molecule has 0 saturated carbocycles. The average Bonchev–Trinajstić information content (AvgIpc) is 3.01. The number of fused-ring (bicyclic) bond motifs is 1. The maximum atomic E-state index is 12.2. The fraction of sp³-hybridized carbons (Fsp3) is 0.235. The van der Waals surface area contributed by atoms with Gasteiger partial charge < -0.3 is 4.74 Å². The molecule has 0 aliphatic carbocycles. The van der Waals surface area contributed by atoms with Gasteiger partial charge in [-0.2, -0.15) is 0 Å². The van der Waals surface area contributed by atoms with Gasteiger partial charge in [-0.15, -0.1) is 11.3 Å². The molecule has 27 heavy (non-hydrogen) atoms. The Hall–Kier alpha value is -2.56. The first-order chi connectivity index (χ1) is 12.7. The SMILES string of the molecule is Cc1csc2nc(COC(=O)c3ccc(S(=O)(=O)N(C)C)cc3)cc(=O)n12. The van der Waals surface area contributed by atoms with Crippen LogP contribution in [0.15, 0.2) is 45.4 Å². The van der Waals surface area contributed by atoms with Crippen molar-refractivity contribution in [1.82, 2.24) is 13.7 Å². The fourth-order valence-electron chi connectivity index (χ4n) is 2.37. The smallest absolute Gasteiger partial charge is 0.338 e. The molecule has 0 atom stereocenters. The van der Waals surface area contributed by atoms with Gasteiger partial charge in [0.25, 0.3) is 5.56 Å². The minimum Gasteiger partial charge on any atom is -0.456 e. The maximum absolute atomic E-state index is 12.2. The van der Waals surface area contributed by atoms with Crippen LogP contribution in [0.3, 0.4) is 0 Å². The van der Waals surface area contributed by atoms with E-state index in [9.17, 15) is 18.0 Å². The molecule has 2 heterocycles. The number of aromatic nitrogens is 2. The minimum absolute atomic E-state index is 0.0808. The van der Waals surface area contributed by atoms with E-state index >= 15 is 0 Å². The van der Waals surface area contributed by atoms with E-state index in [1.807, 2.05) is 12.3 Å². The molecule has 8 nitrogen and oxygen atoms in total. The Morgan fingerprint density at radius 1 is 1.26 bits per heavy atom. The summed E-state index contributed by atoms with van der Waals surface area (Å²) in [5.74, 6) is -0.631. The lowest BCUT2D eigenvalue weighted by molar-refractivity contribution is 0.0467. The first-order valence-corrected chi connectivity index (χ1v) is 10.2. The van der Waals surface area contributed by atoms with E-state index < -0.39 is 16.0 Å². The number of sulfonamides is 1. The highest BCUT2D eigenvalue weighted by Crippen LogP contribution is 2.15. The van der Waals surface area contributed by atoms with Gasteiger partial charge in [-0.3, -0.25) is 9.20 Å². The Morgan fingerprint density at radius 2 is 1.93 bits per heavy atom. The second-order valence-electron chi connectivity index (χ2n) is 5.97. The number of benzene rings is 1. The molecular weight excluding hydrogens is 390 g/mol. The van der Waals surface area contributed by atoms with Gasteiger partial charge in [0.05, 0.1) is 16.2 Å². The van der Waals surface area contributed by atoms with Gasteiger partial charge in [-0.1, -0.05) is 0 Å². The largest absolute Gasteiger partial charge is 0.456 e. The van der Waals surface area contributed by atoms with Gasteiger partial charge >= 0.3 is 5.97 Å². The van der Waals surface area contributed by atoms with Crippen molar-refractivity contribution < 1.29 is 17.9 Å². The van der Waals surface area contributed by atoms with Gasteiger partial charge in [0.1, 0.15) is 6.61 Å². The summed E-state index contributed by atoms with van der Waals surface area (Å²) in [7, 11) is -0.704. The monoisotopic (exact) mass is 407 g/mol. The topological polar surface area (TPSA) is 98.0 Å². The molecule has 3 rings (SSSR count). The lowest BCUT2D eigenvalue weighted by Crippen LogP contribution is -2.22. The van der Waals surface area contributed by atoms with Gasteiger partial charge in [0.15, 0.2) is 4.96 Å². The van der Waals surface area contributed by atoms with Crippen LogP contribution in [0.4, 0.5) is 0 Å². The van der Waals surface area contributed by atoms with E-state index in [-0.39, 0.29) is 22.6 Å². The van der Waals surface area contributed by atoms with Gasteiger partial charge in [-0.25, -0.2) is 22.5 Å². The molecule has 1 aromatic carbocycles. The Morgan fingerprint density at radius 3 is 2.56 bits per heavy atom. The number of rotatable bonds is 5. The van der Waals surface area contributed by atoms with Crippen LogP contribution in [0.5, 0.6) is 0 Å². The number of esters is 1. The van der Waals surface area contributed by atoms with E-state index in [4.69, 9.17) is 4.74 Å². The van der Waals surface area contributed by atoms with Crippen LogP contribution >= 0.6 is 11.3 Å². The molecule has 0 unspecified atom stereocenters. The zero-order valence-corrected chi connectivity index (χ0v) is 16.5. The van der Waals surface area contributed by atoms with Crippen molar-refractivity contribution in [3.05, 3.63) is 63.0 Å². The summed E-state index contributed by atoms with van der Waals surface area (Å²) in [6.07, 6.45) is 0. The summed E-state index contributed by atoms with van der Waals surface area (Å²) < 4.78 is 31.8. The number of thiazole rings is 1. The first kappa shape index (κ1) is 19.2. The van der Waals surface area contributed by atoms with Crippen LogP contribution in [-0.2, 0) is 21.4 Å². The lowest BCUT2D eigenvalue weighted by Gasteiger charge is -2.11. The summed E-state index contributed by atoms with van der Waals surface area (Å²) in [6.45, 7) is 1.66. The zero-order chi connectivity index (χ0) is 19.8. The van der Waals surface area contributed by atoms with Crippen LogP contribution in [0, 0.1) is 6.92 Å². The van der Waals surface area contributed by atoms with Crippen molar-refractivity contribution >= 4 is 32.3 Å². The minimum atomic E-state index is -3.56. The van der Waals surface area contributed by atoms with Crippen LogP contribution in [0.25, 0.3) is 4.96 Å². The third-order valence-electron chi connectivity index (χ3n) is 3.85. The number of ether oxygens (including phenoxy) is 1. The van der Waals surface area contributed by atoms with Crippen molar-refractivity contribution in [2.45, 2.75) is 18.4 Å². The van der Waals surface area contributed by atoms with Crippen LogP contribution in [0.2, 0.25) is 0 Å². The summed E-state index contributed by atoms with van der Waals surface area (Å²) in [5.41, 5.74) is 1.12. The molecule has 0 fully saturated rings. The molecule has 0 bridgehead atoms. The predicted octanol–water partition coefficient (Wildman–Crippen LogP) is 1.67. The number of aryl methyl sites for hydroxylation is 1. The molecule has 0 radical (unpaired) electrons. The molecule has 0 aliphatic heterocycles. The number of nitrogens with zero attached hydrogens (tertiary/aromatic N) is 3. The fourth-order valence-corrected chi connectivity index (χ4v) is 4.16. The van der Waals surface area contributed by atoms with Crippen molar-refractivity contribution in [1.29, 1.82) is 0 Å². The Kier molecular flexibility index (Phi) is 5.13. The molecule has 2 aromatic heterocycles. The number of carbonyl (C=O) groups excluding carboxylic acids is 1. The third-order valence-corrected chi connectivity index (χ3v) is 6.62. The standard InChI is InChI=1S/C17H17N3O5S2/c1-11-10-26-17-18-13(8-15(21)20(11)17)9-25-16(22)12-4-6-14(7-5-12)27(23,24)19(2)3/h4-8,10H,9H2,1-3H3. The molecule has 10 heteroatoms. The Bertz CT molecular complexity index is 1160. The van der Waals surface area contributed by atoms with Crippen molar-refractivity contribution in [2.24, 2.45) is 0 Å². The predicted molar refractivity (Wildman–Crippen MR) is 101 cm³/mol. The number of hydrogen-bond donors (Lipinski definition) is 0. The van der Waals surface area contributed by atoms with E-state index in [1.54, 1.807) is 0 Å². The second-order valence-corrected chi connectivity index (χ2v) is 8.96. The highest BCUT2D eigenvalue weighted by Gasteiger charge is 2.18. The van der Waals surface area contributed by atoms with Crippen LogP contribution < -0.4 is 5.56 Å². The van der Waals surface area contributed by atoms with E-state index in [0.29, 0.717) is 10.7 Å². The maximum Gasteiger partial charge on any atom is 0.338 e. The Balaban J connectivity index is 1.74.